The van der Waals surface area contributed by atoms with Crippen LogP contribution in [0.3, 0.4) is 0 Å². The van der Waals surface area contributed by atoms with Gasteiger partial charge in [-0.1, -0.05) is 48.0 Å². The first-order chi connectivity index (χ1) is 13.4. The number of benzene rings is 2. The molecular weight excluding hydrogens is 358 g/mol. The standard InChI is InChI=1S/C21H21N3O4/c1-13-8-10-15(11-9-13)12-22-19(25)14(2)28-21(27)18-16-6-4-5-7-17(16)20(26)24(3)23-18/h4-11,14H,12H2,1-3H3,(H,22,25). The maximum absolute atomic E-state index is 12.6. The van der Waals surface area contributed by atoms with Crippen LogP contribution in [0.1, 0.15) is 28.5 Å². The molecule has 3 aromatic rings. The Bertz CT molecular complexity index is 1090. The van der Waals surface area contributed by atoms with Gasteiger partial charge in [-0.25, -0.2) is 9.48 Å². The van der Waals surface area contributed by atoms with Crippen LogP contribution in [0.15, 0.2) is 53.3 Å². The molecule has 1 aromatic heterocycles. The second kappa shape index (κ2) is 8.04. The van der Waals surface area contributed by atoms with Crippen LogP contribution >= 0.6 is 0 Å². The Balaban J connectivity index is 1.71. The number of hydrogen-bond donors (Lipinski definition) is 1. The number of aromatic nitrogens is 2. The molecule has 0 saturated carbocycles. The summed E-state index contributed by atoms with van der Waals surface area (Å²) in [5.41, 5.74) is 1.77. The minimum Gasteiger partial charge on any atom is -0.448 e. The van der Waals surface area contributed by atoms with E-state index in [4.69, 9.17) is 4.74 Å². The lowest BCUT2D eigenvalue weighted by molar-refractivity contribution is -0.129. The Kier molecular flexibility index (Phi) is 5.54. The summed E-state index contributed by atoms with van der Waals surface area (Å²) in [5.74, 6) is -1.17. The van der Waals surface area contributed by atoms with Crippen LogP contribution in [0.4, 0.5) is 0 Å². The molecule has 1 unspecified atom stereocenters. The molecule has 7 nitrogen and oxygen atoms in total. The summed E-state index contributed by atoms with van der Waals surface area (Å²) in [7, 11) is 1.46. The number of ether oxygens (including phenoxy) is 1. The molecule has 1 amide bonds. The summed E-state index contributed by atoms with van der Waals surface area (Å²) in [6.07, 6.45) is -1.00. The van der Waals surface area contributed by atoms with Crippen molar-refractivity contribution in [3.05, 3.63) is 75.7 Å². The van der Waals surface area contributed by atoms with E-state index in [2.05, 4.69) is 10.4 Å². The van der Waals surface area contributed by atoms with E-state index in [-0.39, 0.29) is 11.3 Å². The normalized spacial score (nSPS) is 11.8. The molecule has 0 radical (unpaired) electrons. The Morgan fingerprint density at radius 1 is 1.11 bits per heavy atom. The van der Waals surface area contributed by atoms with Crippen LogP contribution in [0.2, 0.25) is 0 Å². The van der Waals surface area contributed by atoms with Gasteiger partial charge in [0.05, 0.1) is 5.39 Å². The molecule has 1 atom stereocenters. The largest absolute Gasteiger partial charge is 0.448 e. The average molecular weight is 379 g/mol. The maximum atomic E-state index is 12.6. The Morgan fingerprint density at radius 3 is 2.43 bits per heavy atom. The van der Waals surface area contributed by atoms with Gasteiger partial charge < -0.3 is 10.1 Å². The highest BCUT2D eigenvalue weighted by atomic mass is 16.5. The second-order valence-electron chi connectivity index (χ2n) is 6.57. The van der Waals surface area contributed by atoms with Crippen molar-refractivity contribution in [2.75, 3.05) is 0 Å². The zero-order chi connectivity index (χ0) is 20.3. The molecule has 0 aliphatic heterocycles. The fraction of sp³-hybridized carbons (Fsp3) is 0.238. The predicted molar refractivity (Wildman–Crippen MR) is 105 cm³/mol. The van der Waals surface area contributed by atoms with E-state index < -0.39 is 18.0 Å². The Morgan fingerprint density at radius 2 is 1.75 bits per heavy atom. The molecule has 0 saturated heterocycles. The molecule has 0 bridgehead atoms. The van der Waals surface area contributed by atoms with Gasteiger partial charge in [0, 0.05) is 19.0 Å². The first kappa shape index (κ1) is 19.3. The number of carbonyl (C=O) groups is 2. The van der Waals surface area contributed by atoms with Crippen LogP contribution in [-0.2, 0) is 23.1 Å². The molecule has 0 fully saturated rings. The first-order valence-corrected chi connectivity index (χ1v) is 8.87. The lowest BCUT2D eigenvalue weighted by Crippen LogP contribution is -2.36. The third-order valence-corrected chi connectivity index (χ3v) is 4.39. The van der Waals surface area contributed by atoms with Crippen molar-refractivity contribution in [2.24, 2.45) is 7.05 Å². The third kappa shape index (κ3) is 4.09. The molecule has 0 aliphatic rings. The molecule has 2 aromatic carbocycles. The van der Waals surface area contributed by atoms with Crippen molar-refractivity contribution < 1.29 is 14.3 Å². The van der Waals surface area contributed by atoms with Crippen LogP contribution in [0.5, 0.6) is 0 Å². The molecule has 3 rings (SSSR count). The summed E-state index contributed by atoms with van der Waals surface area (Å²) in [5, 5.41) is 7.51. The minimum absolute atomic E-state index is 0.00381. The number of carbonyl (C=O) groups excluding carboxylic acids is 2. The van der Waals surface area contributed by atoms with Crippen molar-refractivity contribution in [2.45, 2.75) is 26.5 Å². The summed E-state index contributed by atoms with van der Waals surface area (Å²) < 4.78 is 6.36. The number of aryl methyl sites for hydroxylation is 2. The van der Waals surface area contributed by atoms with E-state index in [1.54, 1.807) is 24.3 Å². The lowest BCUT2D eigenvalue weighted by Gasteiger charge is -2.14. The highest BCUT2D eigenvalue weighted by Crippen LogP contribution is 2.14. The molecule has 7 heteroatoms. The fourth-order valence-corrected chi connectivity index (χ4v) is 2.76. The number of nitrogens with one attached hydrogen (secondary N) is 1. The van der Waals surface area contributed by atoms with Gasteiger partial charge in [-0.05, 0) is 25.5 Å². The monoisotopic (exact) mass is 379 g/mol. The van der Waals surface area contributed by atoms with Crippen molar-refractivity contribution in [3.63, 3.8) is 0 Å². The summed E-state index contributed by atoms with van der Waals surface area (Å²) in [6, 6.07) is 14.4. The average Bonchev–Trinajstić information content (AvgIpc) is 2.69. The molecule has 1 N–H and O–H groups in total. The van der Waals surface area contributed by atoms with Crippen molar-refractivity contribution in [1.82, 2.24) is 15.1 Å². The predicted octanol–water partition coefficient (Wildman–Crippen LogP) is 2.10. The van der Waals surface area contributed by atoms with Crippen LogP contribution in [-0.4, -0.2) is 27.8 Å². The second-order valence-corrected chi connectivity index (χ2v) is 6.57. The van der Waals surface area contributed by atoms with E-state index in [0.29, 0.717) is 17.3 Å². The highest BCUT2D eigenvalue weighted by molar-refractivity contribution is 6.02. The van der Waals surface area contributed by atoms with E-state index in [1.165, 1.54) is 14.0 Å². The number of amides is 1. The highest BCUT2D eigenvalue weighted by Gasteiger charge is 2.22. The molecule has 0 aliphatic carbocycles. The van der Waals surface area contributed by atoms with Gasteiger partial charge in [-0.3, -0.25) is 9.59 Å². The third-order valence-electron chi connectivity index (χ3n) is 4.39. The first-order valence-electron chi connectivity index (χ1n) is 8.87. The molecule has 144 valence electrons. The fourth-order valence-electron chi connectivity index (χ4n) is 2.76. The SMILES string of the molecule is Cc1ccc(CNC(=O)C(C)OC(=O)c2nn(C)c(=O)c3ccccc23)cc1. The van der Waals surface area contributed by atoms with Gasteiger partial charge in [-0.15, -0.1) is 0 Å². The number of rotatable bonds is 5. The van der Waals surface area contributed by atoms with E-state index in [1.807, 2.05) is 31.2 Å². The Hall–Kier alpha value is -3.48. The van der Waals surface area contributed by atoms with Gasteiger partial charge in [0.2, 0.25) is 0 Å². The van der Waals surface area contributed by atoms with Crippen molar-refractivity contribution in [1.29, 1.82) is 0 Å². The zero-order valence-electron chi connectivity index (χ0n) is 15.9. The summed E-state index contributed by atoms with van der Waals surface area (Å²) in [4.78, 5) is 37.0. The summed E-state index contributed by atoms with van der Waals surface area (Å²) in [6.45, 7) is 3.82. The van der Waals surface area contributed by atoms with Crippen molar-refractivity contribution in [3.8, 4) is 0 Å². The number of hydrogen-bond acceptors (Lipinski definition) is 5. The minimum atomic E-state index is -1.00. The Labute approximate surface area is 161 Å². The van der Waals surface area contributed by atoms with Crippen LogP contribution in [0, 0.1) is 6.92 Å². The van der Waals surface area contributed by atoms with E-state index in [0.717, 1.165) is 15.8 Å². The number of fused-ring (bicyclic) bond motifs is 1. The van der Waals surface area contributed by atoms with E-state index >= 15 is 0 Å². The van der Waals surface area contributed by atoms with Crippen LogP contribution in [0.25, 0.3) is 10.8 Å². The number of nitrogens with zero attached hydrogens (tertiary/aromatic N) is 2. The topological polar surface area (TPSA) is 90.3 Å². The smallest absolute Gasteiger partial charge is 0.360 e. The summed E-state index contributed by atoms with van der Waals surface area (Å²) >= 11 is 0. The molecule has 28 heavy (non-hydrogen) atoms. The van der Waals surface area contributed by atoms with Gasteiger partial charge >= 0.3 is 5.97 Å². The van der Waals surface area contributed by atoms with Gasteiger partial charge in [-0.2, -0.15) is 5.10 Å². The van der Waals surface area contributed by atoms with Gasteiger partial charge in [0.15, 0.2) is 11.8 Å². The molecule has 1 heterocycles. The zero-order valence-corrected chi connectivity index (χ0v) is 15.9. The van der Waals surface area contributed by atoms with Gasteiger partial charge in [0.1, 0.15) is 0 Å². The quantitative estimate of drug-likeness (QED) is 0.686. The number of esters is 1. The maximum Gasteiger partial charge on any atom is 0.360 e. The van der Waals surface area contributed by atoms with E-state index in [9.17, 15) is 14.4 Å². The van der Waals surface area contributed by atoms with Crippen molar-refractivity contribution >= 4 is 22.6 Å². The molecular formula is C21H21N3O4. The van der Waals surface area contributed by atoms with Gasteiger partial charge in [0.25, 0.3) is 11.5 Å². The lowest BCUT2D eigenvalue weighted by atomic mass is 10.1. The van der Waals surface area contributed by atoms with Crippen LogP contribution < -0.4 is 10.9 Å². The molecule has 0 spiro atoms.